The van der Waals surface area contributed by atoms with Crippen LogP contribution in [-0.4, -0.2) is 77.5 Å². The number of carbonyl (C=O) groups is 2. The quantitative estimate of drug-likeness (QED) is 0.768. The van der Waals surface area contributed by atoms with Crippen LogP contribution in [0.15, 0.2) is 34.5 Å². The van der Waals surface area contributed by atoms with Gasteiger partial charge < -0.3 is 19.6 Å². The number of aliphatic hydroxyl groups excluding tert-OH is 1. The molecule has 0 spiro atoms. The fraction of sp³-hybridized carbons (Fsp3) is 0.524. The third-order valence-corrected chi connectivity index (χ3v) is 5.80. The van der Waals surface area contributed by atoms with Crippen molar-refractivity contribution in [3.8, 4) is 0 Å². The second-order valence-corrected chi connectivity index (χ2v) is 7.59. The van der Waals surface area contributed by atoms with Gasteiger partial charge >= 0.3 is 0 Å². The van der Waals surface area contributed by atoms with Gasteiger partial charge in [0.25, 0.3) is 0 Å². The van der Waals surface area contributed by atoms with Crippen molar-refractivity contribution in [3.63, 3.8) is 0 Å². The minimum Gasteiger partial charge on any atom is -0.392 e. The Hall–Kier alpha value is -2.58. The molecule has 29 heavy (non-hydrogen) atoms. The summed E-state index contributed by atoms with van der Waals surface area (Å²) in [5.74, 6) is 0.304. The van der Waals surface area contributed by atoms with E-state index in [0.717, 1.165) is 16.8 Å². The molecule has 3 aliphatic rings. The molecular formula is C21H26N4O4. The van der Waals surface area contributed by atoms with E-state index in [4.69, 9.17) is 4.74 Å². The zero-order valence-electron chi connectivity index (χ0n) is 16.4. The Balaban J connectivity index is 1.27. The third kappa shape index (κ3) is 4.23. The lowest BCUT2D eigenvalue weighted by molar-refractivity contribution is -0.139. The number of rotatable bonds is 6. The summed E-state index contributed by atoms with van der Waals surface area (Å²) >= 11 is 0. The van der Waals surface area contributed by atoms with Crippen molar-refractivity contribution >= 4 is 23.7 Å². The summed E-state index contributed by atoms with van der Waals surface area (Å²) in [5.41, 5.74) is 2.70. The molecule has 2 unspecified atom stereocenters. The molecule has 2 saturated heterocycles. The number of ether oxygens (including phenoxy) is 1. The molecule has 3 heterocycles. The van der Waals surface area contributed by atoms with E-state index < -0.39 is 0 Å². The monoisotopic (exact) mass is 398 g/mol. The lowest BCUT2D eigenvalue weighted by atomic mass is 9.81. The maximum absolute atomic E-state index is 12.6. The Morgan fingerprint density at radius 2 is 1.83 bits per heavy atom. The third-order valence-electron chi connectivity index (χ3n) is 5.80. The van der Waals surface area contributed by atoms with E-state index in [1.165, 1.54) is 0 Å². The van der Waals surface area contributed by atoms with Crippen LogP contribution in [0.5, 0.6) is 0 Å². The SMILES string of the molecule is O=C(CCCC(=O)N1CC2C(c3ccc(CO)cc3)=NN=CC21)N1CCOCC1. The molecule has 8 nitrogen and oxygen atoms in total. The highest BCUT2D eigenvalue weighted by Gasteiger charge is 2.45. The molecular weight excluding hydrogens is 372 g/mol. The van der Waals surface area contributed by atoms with Crippen molar-refractivity contribution in [1.29, 1.82) is 0 Å². The van der Waals surface area contributed by atoms with E-state index in [1.54, 1.807) is 6.21 Å². The molecule has 2 amide bonds. The van der Waals surface area contributed by atoms with Gasteiger partial charge in [-0.05, 0) is 17.5 Å². The largest absolute Gasteiger partial charge is 0.392 e. The average molecular weight is 398 g/mol. The van der Waals surface area contributed by atoms with Crippen molar-refractivity contribution in [1.82, 2.24) is 9.80 Å². The summed E-state index contributed by atoms with van der Waals surface area (Å²) in [5, 5.41) is 17.6. The normalized spacial score (nSPS) is 23.3. The van der Waals surface area contributed by atoms with Gasteiger partial charge in [0.1, 0.15) is 0 Å². The van der Waals surface area contributed by atoms with Crippen molar-refractivity contribution in [2.24, 2.45) is 16.1 Å². The summed E-state index contributed by atoms with van der Waals surface area (Å²) in [6.45, 7) is 3.09. The molecule has 1 N–H and O–H groups in total. The van der Waals surface area contributed by atoms with Gasteiger partial charge in [-0.3, -0.25) is 9.59 Å². The van der Waals surface area contributed by atoms with Crippen LogP contribution in [0.1, 0.15) is 30.4 Å². The van der Waals surface area contributed by atoms with Gasteiger partial charge in [-0.25, -0.2) is 0 Å². The van der Waals surface area contributed by atoms with E-state index >= 15 is 0 Å². The number of hydrogen-bond acceptors (Lipinski definition) is 6. The molecule has 2 fully saturated rings. The van der Waals surface area contributed by atoms with Crippen LogP contribution in [0.25, 0.3) is 0 Å². The Bertz CT molecular complexity index is 814. The van der Waals surface area contributed by atoms with Crippen LogP contribution in [0.4, 0.5) is 0 Å². The number of hydrogen-bond donors (Lipinski definition) is 1. The molecule has 1 aromatic rings. The van der Waals surface area contributed by atoms with Gasteiger partial charge in [-0.15, -0.1) is 0 Å². The van der Waals surface area contributed by atoms with Crippen LogP contribution >= 0.6 is 0 Å². The molecule has 0 saturated carbocycles. The molecule has 0 aromatic heterocycles. The zero-order valence-corrected chi connectivity index (χ0v) is 16.4. The first-order valence-electron chi connectivity index (χ1n) is 10.1. The lowest BCUT2D eigenvalue weighted by Gasteiger charge is -2.47. The number of nitrogens with zero attached hydrogens (tertiary/aromatic N) is 4. The number of carbonyl (C=O) groups excluding carboxylic acids is 2. The van der Waals surface area contributed by atoms with E-state index in [9.17, 15) is 14.7 Å². The smallest absolute Gasteiger partial charge is 0.223 e. The van der Waals surface area contributed by atoms with E-state index in [0.29, 0.717) is 52.1 Å². The standard InChI is InChI=1S/C21H26N4O4/c26-14-15-4-6-16(7-5-15)21-17-13-25(18(17)12-22-23-21)20(28)3-1-2-19(27)24-8-10-29-11-9-24/h4-7,12,17-18,26H,1-3,8-11,13-14H2. The Morgan fingerprint density at radius 3 is 2.55 bits per heavy atom. The van der Waals surface area contributed by atoms with E-state index in [1.807, 2.05) is 34.1 Å². The number of amides is 2. The summed E-state index contributed by atoms with van der Waals surface area (Å²) in [6.07, 6.45) is 3.05. The van der Waals surface area contributed by atoms with Gasteiger partial charge in [0, 0.05) is 38.4 Å². The number of likely N-dealkylation sites (tertiary alicyclic amines) is 1. The second-order valence-electron chi connectivity index (χ2n) is 7.59. The van der Waals surface area contributed by atoms with Crippen molar-refractivity contribution in [3.05, 3.63) is 35.4 Å². The van der Waals surface area contributed by atoms with Crippen LogP contribution < -0.4 is 0 Å². The van der Waals surface area contributed by atoms with Crippen LogP contribution in [0.3, 0.4) is 0 Å². The number of benzene rings is 1. The Labute approximate surface area is 169 Å². The van der Waals surface area contributed by atoms with Crippen molar-refractivity contribution in [2.75, 3.05) is 32.8 Å². The highest BCUT2D eigenvalue weighted by molar-refractivity contribution is 6.07. The second kappa shape index (κ2) is 8.84. The summed E-state index contributed by atoms with van der Waals surface area (Å²) < 4.78 is 5.26. The fourth-order valence-electron chi connectivity index (χ4n) is 4.02. The highest BCUT2D eigenvalue weighted by atomic mass is 16.5. The van der Waals surface area contributed by atoms with Gasteiger partial charge in [0.15, 0.2) is 0 Å². The first-order valence-corrected chi connectivity index (χ1v) is 10.1. The predicted molar refractivity (Wildman–Crippen MR) is 108 cm³/mol. The first kappa shape index (κ1) is 19.7. The van der Waals surface area contributed by atoms with Crippen molar-refractivity contribution in [2.45, 2.75) is 31.9 Å². The zero-order chi connectivity index (χ0) is 20.2. The number of aliphatic hydroxyl groups is 1. The average Bonchev–Trinajstić information content (AvgIpc) is 2.75. The van der Waals surface area contributed by atoms with Crippen LogP contribution in [0, 0.1) is 5.92 Å². The highest BCUT2D eigenvalue weighted by Crippen LogP contribution is 2.31. The topological polar surface area (TPSA) is 94.8 Å². The first-order chi connectivity index (χ1) is 14.2. The molecule has 4 rings (SSSR count). The summed E-state index contributed by atoms with van der Waals surface area (Å²) in [7, 11) is 0. The molecule has 154 valence electrons. The Morgan fingerprint density at radius 1 is 1.10 bits per heavy atom. The maximum Gasteiger partial charge on any atom is 0.223 e. The van der Waals surface area contributed by atoms with Gasteiger partial charge in [0.2, 0.25) is 11.8 Å². The van der Waals surface area contributed by atoms with Crippen molar-refractivity contribution < 1.29 is 19.4 Å². The van der Waals surface area contributed by atoms with Crippen LogP contribution in [-0.2, 0) is 20.9 Å². The number of fused-ring (bicyclic) bond motifs is 1. The van der Waals surface area contributed by atoms with Crippen LogP contribution in [0.2, 0.25) is 0 Å². The van der Waals surface area contributed by atoms with E-state index in [2.05, 4.69) is 10.2 Å². The van der Waals surface area contributed by atoms with Gasteiger partial charge in [-0.2, -0.15) is 10.2 Å². The fourth-order valence-corrected chi connectivity index (χ4v) is 4.02. The molecule has 0 aliphatic carbocycles. The van der Waals surface area contributed by atoms with Gasteiger partial charge in [-0.1, -0.05) is 24.3 Å². The summed E-state index contributed by atoms with van der Waals surface area (Å²) in [4.78, 5) is 28.5. The molecule has 8 heteroatoms. The maximum atomic E-state index is 12.6. The number of morpholine rings is 1. The Kier molecular flexibility index (Phi) is 6.01. The molecule has 2 atom stereocenters. The summed E-state index contributed by atoms with van der Waals surface area (Å²) in [6, 6.07) is 7.55. The molecule has 0 radical (unpaired) electrons. The van der Waals surface area contributed by atoms with E-state index in [-0.39, 0.29) is 30.4 Å². The molecule has 1 aromatic carbocycles. The minimum absolute atomic E-state index is 0.00722. The molecule has 0 bridgehead atoms. The van der Waals surface area contributed by atoms with Gasteiger partial charge in [0.05, 0.1) is 37.8 Å². The predicted octanol–water partition coefficient (Wildman–Crippen LogP) is 0.824. The minimum atomic E-state index is -0.0672. The lowest BCUT2D eigenvalue weighted by Crippen LogP contribution is -2.62. The molecule has 3 aliphatic heterocycles.